The first-order valence-corrected chi connectivity index (χ1v) is 4.76. The van der Waals surface area contributed by atoms with E-state index in [-0.39, 0.29) is 12.1 Å². The number of nitrogens with zero attached hydrogens (tertiary/aromatic N) is 1. The molecule has 0 aliphatic rings. The maximum atomic E-state index is 13.0. The van der Waals surface area contributed by atoms with Crippen LogP contribution in [0.2, 0.25) is 0 Å². The van der Waals surface area contributed by atoms with Gasteiger partial charge in [0.1, 0.15) is 12.4 Å². The lowest BCUT2D eigenvalue weighted by molar-refractivity contribution is -0.140. The van der Waals surface area contributed by atoms with Crippen LogP contribution in [0.1, 0.15) is 12.5 Å². The average Bonchev–Trinajstić information content (AvgIpc) is 2.26. The fourth-order valence-electron chi connectivity index (χ4n) is 1.14. The number of nitrogens with one attached hydrogen (secondary N) is 1. The lowest BCUT2D eigenvalue weighted by atomic mass is 10.2. The van der Waals surface area contributed by atoms with Crippen LogP contribution in [0.15, 0.2) is 18.2 Å². The molecule has 0 spiro atoms. The number of rotatable bonds is 4. The third-order valence-corrected chi connectivity index (χ3v) is 1.77. The van der Waals surface area contributed by atoms with Crippen LogP contribution in [0, 0.1) is 17.1 Å². The Labute approximate surface area is 92.6 Å². The van der Waals surface area contributed by atoms with E-state index in [1.54, 1.807) is 6.92 Å². The van der Waals surface area contributed by atoms with Crippen LogP contribution in [0.3, 0.4) is 0 Å². The van der Waals surface area contributed by atoms with E-state index in [4.69, 9.17) is 10.00 Å². The standard InChI is InChI=1S/C11H11FN2O2/c1-2-16-11(15)7-14-10-4-8(6-13)3-9(12)5-10/h3-5,14H,2,7H2,1H3. The number of hydrogen-bond acceptors (Lipinski definition) is 4. The summed E-state index contributed by atoms with van der Waals surface area (Å²) < 4.78 is 17.7. The number of nitriles is 1. The lowest BCUT2D eigenvalue weighted by Gasteiger charge is -2.06. The third kappa shape index (κ3) is 3.58. The van der Waals surface area contributed by atoms with Crippen molar-refractivity contribution in [2.24, 2.45) is 0 Å². The summed E-state index contributed by atoms with van der Waals surface area (Å²) in [4.78, 5) is 11.0. The fraction of sp³-hybridized carbons (Fsp3) is 0.273. The van der Waals surface area contributed by atoms with Gasteiger partial charge in [-0.15, -0.1) is 0 Å². The second-order valence-corrected chi connectivity index (χ2v) is 3.00. The van der Waals surface area contributed by atoms with Gasteiger partial charge in [0, 0.05) is 5.69 Å². The minimum Gasteiger partial charge on any atom is -0.465 e. The number of esters is 1. The van der Waals surface area contributed by atoms with Gasteiger partial charge in [-0.2, -0.15) is 5.26 Å². The molecule has 0 radical (unpaired) electrons. The minimum absolute atomic E-state index is 0.0534. The Morgan fingerprint density at radius 3 is 2.94 bits per heavy atom. The Morgan fingerprint density at radius 1 is 1.56 bits per heavy atom. The minimum atomic E-state index is -0.523. The van der Waals surface area contributed by atoms with Crippen molar-refractivity contribution in [2.45, 2.75) is 6.92 Å². The first-order valence-electron chi connectivity index (χ1n) is 4.76. The van der Waals surface area contributed by atoms with Gasteiger partial charge in [0.25, 0.3) is 0 Å². The van der Waals surface area contributed by atoms with Gasteiger partial charge in [0.15, 0.2) is 0 Å². The highest BCUT2D eigenvalue weighted by Gasteiger charge is 2.03. The van der Waals surface area contributed by atoms with Crippen molar-refractivity contribution in [3.63, 3.8) is 0 Å². The number of carbonyl (C=O) groups excluding carboxylic acids is 1. The predicted octanol–water partition coefficient (Wildman–Crippen LogP) is 1.67. The molecule has 84 valence electrons. The van der Waals surface area contributed by atoms with Gasteiger partial charge in [-0.3, -0.25) is 4.79 Å². The highest BCUT2D eigenvalue weighted by molar-refractivity contribution is 5.75. The number of benzene rings is 1. The van der Waals surface area contributed by atoms with Gasteiger partial charge in [0.2, 0.25) is 0 Å². The third-order valence-electron chi connectivity index (χ3n) is 1.77. The molecular formula is C11H11FN2O2. The van der Waals surface area contributed by atoms with Gasteiger partial charge in [-0.05, 0) is 25.1 Å². The van der Waals surface area contributed by atoms with E-state index in [1.807, 2.05) is 6.07 Å². The lowest BCUT2D eigenvalue weighted by Crippen LogP contribution is -2.16. The van der Waals surface area contributed by atoms with Crippen LogP contribution in [-0.2, 0) is 9.53 Å². The molecule has 0 saturated carbocycles. The molecular weight excluding hydrogens is 211 g/mol. The highest BCUT2D eigenvalue weighted by atomic mass is 19.1. The number of carbonyl (C=O) groups is 1. The zero-order chi connectivity index (χ0) is 12.0. The summed E-state index contributed by atoms with van der Waals surface area (Å²) in [6.45, 7) is 1.95. The van der Waals surface area contributed by atoms with Gasteiger partial charge < -0.3 is 10.1 Å². The molecule has 0 saturated heterocycles. The van der Waals surface area contributed by atoms with Crippen molar-refractivity contribution >= 4 is 11.7 Å². The molecule has 0 amide bonds. The average molecular weight is 222 g/mol. The predicted molar refractivity (Wildman–Crippen MR) is 56.2 cm³/mol. The number of halogens is 1. The van der Waals surface area contributed by atoms with Crippen molar-refractivity contribution in [1.29, 1.82) is 5.26 Å². The molecule has 1 aromatic carbocycles. The molecule has 5 heteroatoms. The fourth-order valence-corrected chi connectivity index (χ4v) is 1.14. The molecule has 0 fully saturated rings. The molecule has 1 aromatic rings. The summed E-state index contributed by atoms with van der Waals surface area (Å²) >= 11 is 0. The second-order valence-electron chi connectivity index (χ2n) is 3.00. The Morgan fingerprint density at radius 2 is 2.31 bits per heavy atom. The summed E-state index contributed by atoms with van der Waals surface area (Å²) in [6, 6.07) is 5.61. The molecule has 1 rings (SSSR count). The molecule has 0 aromatic heterocycles. The van der Waals surface area contributed by atoms with Crippen molar-refractivity contribution in [1.82, 2.24) is 0 Å². The van der Waals surface area contributed by atoms with Crippen molar-refractivity contribution in [3.8, 4) is 6.07 Å². The summed E-state index contributed by atoms with van der Waals surface area (Å²) in [6.07, 6.45) is 0. The Kier molecular flexibility index (Phi) is 4.28. The van der Waals surface area contributed by atoms with E-state index in [0.29, 0.717) is 12.3 Å². The molecule has 16 heavy (non-hydrogen) atoms. The smallest absolute Gasteiger partial charge is 0.325 e. The zero-order valence-electron chi connectivity index (χ0n) is 8.79. The first kappa shape index (κ1) is 12.0. The van der Waals surface area contributed by atoms with Crippen LogP contribution in [0.5, 0.6) is 0 Å². The van der Waals surface area contributed by atoms with Crippen molar-refractivity contribution < 1.29 is 13.9 Å². The monoisotopic (exact) mass is 222 g/mol. The summed E-state index contributed by atoms with van der Waals surface area (Å²) in [5.41, 5.74) is 0.580. The van der Waals surface area contributed by atoms with Crippen LogP contribution in [0.4, 0.5) is 10.1 Å². The van der Waals surface area contributed by atoms with Gasteiger partial charge in [-0.25, -0.2) is 4.39 Å². The largest absolute Gasteiger partial charge is 0.465 e. The maximum absolute atomic E-state index is 13.0. The number of anilines is 1. The van der Waals surface area contributed by atoms with Crippen LogP contribution < -0.4 is 5.32 Å². The molecule has 0 aliphatic carbocycles. The molecule has 0 atom stereocenters. The summed E-state index contributed by atoms with van der Waals surface area (Å²) in [7, 11) is 0. The van der Waals surface area contributed by atoms with Gasteiger partial charge in [-0.1, -0.05) is 0 Å². The van der Waals surface area contributed by atoms with Gasteiger partial charge in [0.05, 0.1) is 18.2 Å². The van der Waals surface area contributed by atoms with E-state index in [9.17, 15) is 9.18 Å². The normalized spacial score (nSPS) is 9.31. The Hall–Kier alpha value is -2.09. The SMILES string of the molecule is CCOC(=O)CNc1cc(F)cc(C#N)c1. The highest BCUT2D eigenvalue weighted by Crippen LogP contribution is 2.12. The maximum Gasteiger partial charge on any atom is 0.325 e. The van der Waals surface area contributed by atoms with E-state index >= 15 is 0 Å². The van der Waals surface area contributed by atoms with Gasteiger partial charge >= 0.3 is 5.97 Å². The molecule has 1 N–H and O–H groups in total. The number of ether oxygens (including phenoxy) is 1. The summed E-state index contributed by atoms with van der Waals surface area (Å²) in [5, 5.41) is 11.3. The Balaban J connectivity index is 2.64. The molecule has 0 unspecified atom stereocenters. The molecule has 4 nitrogen and oxygen atoms in total. The van der Waals surface area contributed by atoms with E-state index in [1.165, 1.54) is 12.1 Å². The van der Waals surface area contributed by atoms with E-state index in [2.05, 4.69) is 5.32 Å². The first-order chi connectivity index (χ1) is 7.65. The molecule has 0 bridgehead atoms. The van der Waals surface area contributed by atoms with Crippen LogP contribution in [-0.4, -0.2) is 19.1 Å². The van der Waals surface area contributed by atoms with Crippen LogP contribution in [0.25, 0.3) is 0 Å². The van der Waals surface area contributed by atoms with Crippen LogP contribution >= 0.6 is 0 Å². The molecule has 0 heterocycles. The van der Waals surface area contributed by atoms with Crippen molar-refractivity contribution in [2.75, 3.05) is 18.5 Å². The van der Waals surface area contributed by atoms with E-state index < -0.39 is 11.8 Å². The summed E-state index contributed by atoms with van der Waals surface area (Å²) in [5.74, 6) is -0.948. The molecule has 0 aliphatic heterocycles. The van der Waals surface area contributed by atoms with E-state index in [0.717, 1.165) is 6.07 Å². The number of hydrogen-bond donors (Lipinski definition) is 1. The Bertz CT molecular complexity index is 426. The quantitative estimate of drug-likeness (QED) is 0.787. The zero-order valence-corrected chi connectivity index (χ0v) is 8.79. The second kappa shape index (κ2) is 5.71. The van der Waals surface area contributed by atoms with Crippen molar-refractivity contribution in [3.05, 3.63) is 29.6 Å². The topological polar surface area (TPSA) is 62.1 Å².